The standard InChI is InChI=1S/C16H15Cl2N5O2/c17-13-2-1-12(6-14(13)18)22-16(24)23-4-3-10-5-15(20-9-21-25)19-7-11(10)8-23/h1-2,5-7,9,25H,3-4,8H2,(H,22,24)(H,19,20,21). The summed E-state index contributed by atoms with van der Waals surface area (Å²) in [5, 5.41) is 12.2. The van der Waals surface area contributed by atoms with E-state index in [4.69, 9.17) is 28.4 Å². The van der Waals surface area contributed by atoms with Crippen LogP contribution in [0.3, 0.4) is 0 Å². The van der Waals surface area contributed by atoms with Crippen LogP contribution in [0.25, 0.3) is 0 Å². The third-order valence-corrected chi connectivity index (χ3v) is 4.53. The molecule has 0 bridgehead atoms. The molecule has 7 nitrogen and oxygen atoms in total. The second kappa shape index (κ2) is 7.69. The van der Waals surface area contributed by atoms with E-state index in [1.165, 1.54) is 0 Å². The highest BCUT2D eigenvalue weighted by Crippen LogP contribution is 2.26. The molecule has 0 unspecified atom stereocenters. The first-order chi connectivity index (χ1) is 12.1. The van der Waals surface area contributed by atoms with Crippen molar-refractivity contribution in [3.63, 3.8) is 0 Å². The van der Waals surface area contributed by atoms with Crippen LogP contribution in [-0.2, 0) is 13.0 Å². The van der Waals surface area contributed by atoms with Crippen LogP contribution in [0.5, 0.6) is 0 Å². The van der Waals surface area contributed by atoms with Gasteiger partial charge in [-0.25, -0.2) is 14.8 Å². The molecule has 0 saturated heterocycles. The molecule has 0 radical (unpaired) electrons. The van der Waals surface area contributed by atoms with Gasteiger partial charge in [-0.1, -0.05) is 23.2 Å². The normalized spacial score (nSPS) is 13.6. The van der Waals surface area contributed by atoms with E-state index in [2.05, 4.69) is 15.3 Å². The minimum atomic E-state index is -0.212. The molecule has 0 fully saturated rings. The molecule has 0 saturated carbocycles. The van der Waals surface area contributed by atoms with Gasteiger partial charge in [0.2, 0.25) is 0 Å². The van der Waals surface area contributed by atoms with Gasteiger partial charge in [-0.3, -0.25) is 10.7 Å². The van der Waals surface area contributed by atoms with Crippen molar-refractivity contribution < 1.29 is 10.0 Å². The largest absolute Gasteiger partial charge is 0.322 e. The van der Waals surface area contributed by atoms with Gasteiger partial charge < -0.3 is 10.2 Å². The Bertz CT molecular complexity index is 828. The van der Waals surface area contributed by atoms with Crippen LogP contribution in [0.1, 0.15) is 11.1 Å². The molecule has 1 aliphatic heterocycles. The van der Waals surface area contributed by atoms with Gasteiger partial charge in [-0.15, -0.1) is 0 Å². The van der Waals surface area contributed by atoms with Gasteiger partial charge in [0, 0.05) is 25.0 Å². The maximum Gasteiger partial charge on any atom is 0.322 e. The van der Waals surface area contributed by atoms with Gasteiger partial charge in [-0.2, -0.15) is 0 Å². The van der Waals surface area contributed by atoms with Gasteiger partial charge in [0.15, 0.2) is 5.82 Å². The van der Waals surface area contributed by atoms with Crippen LogP contribution in [0.2, 0.25) is 10.0 Å². The van der Waals surface area contributed by atoms with E-state index >= 15 is 0 Å². The number of benzene rings is 1. The highest BCUT2D eigenvalue weighted by molar-refractivity contribution is 6.42. The molecule has 2 heterocycles. The summed E-state index contributed by atoms with van der Waals surface area (Å²) in [7, 11) is 0. The topological polar surface area (TPSA) is 89.9 Å². The zero-order valence-corrected chi connectivity index (χ0v) is 14.6. The number of carbonyl (C=O) groups excluding carboxylic acids is 1. The molecule has 0 atom stereocenters. The highest BCUT2D eigenvalue weighted by Gasteiger charge is 2.21. The third-order valence-electron chi connectivity index (χ3n) is 3.79. The van der Waals surface area contributed by atoms with Crippen LogP contribution in [-0.4, -0.2) is 34.0 Å². The Labute approximate surface area is 154 Å². The summed E-state index contributed by atoms with van der Waals surface area (Å²) in [5.41, 5.74) is 4.47. The number of carbonyl (C=O) groups is 1. The van der Waals surface area contributed by atoms with Crippen LogP contribution in [0, 0.1) is 0 Å². The molecule has 1 aromatic carbocycles. The minimum Gasteiger partial charge on any atom is -0.320 e. The lowest BCUT2D eigenvalue weighted by molar-refractivity contribution is 0.206. The number of halogens is 2. The number of aromatic nitrogens is 1. The number of urea groups is 1. The molecular formula is C16H15Cl2N5O2. The summed E-state index contributed by atoms with van der Waals surface area (Å²) in [6.07, 6.45) is 3.54. The number of nitrogens with one attached hydrogen (secondary N) is 2. The molecule has 1 aliphatic rings. The molecule has 1 aromatic heterocycles. The number of amides is 2. The molecule has 3 N–H and O–H groups in total. The van der Waals surface area contributed by atoms with Crippen LogP contribution in [0.15, 0.2) is 35.5 Å². The van der Waals surface area contributed by atoms with Crippen molar-refractivity contribution in [2.24, 2.45) is 4.99 Å². The fourth-order valence-corrected chi connectivity index (χ4v) is 2.84. The third kappa shape index (κ3) is 4.19. The summed E-state index contributed by atoms with van der Waals surface area (Å²) < 4.78 is 0. The number of anilines is 1. The van der Waals surface area contributed by atoms with Crippen molar-refractivity contribution in [2.75, 3.05) is 11.9 Å². The number of rotatable bonds is 3. The molecule has 9 heteroatoms. The Morgan fingerprint density at radius 2 is 2.12 bits per heavy atom. The lowest BCUT2D eigenvalue weighted by Crippen LogP contribution is -2.38. The van der Waals surface area contributed by atoms with Crippen molar-refractivity contribution in [1.82, 2.24) is 15.4 Å². The van der Waals surface area contributed by atoms with Crippen LogP contribution < -0.4 is 10.8 Å². The van der Waals surface area contributed by atoms with Gasteiger partial charge in [0.05, 0.1) is 10.0 Å². The first kappa shape index (κ1) is 17.5. The molecule has 0 spiro atoms. The van der Waals surface area contributed by atoms with Crippen molar-refractivity contribution in [1.29, 1.82) is 0 Å². The summed E-state index contributed by atoms with van der Waals surface area (Å²) in [4.78, 5) is 22.3. The summed E-state index contributed by atoms with van der Waals surface area (Å²) in [6.45, 7) is 1.03. The Morgan fingerprint density at radius 1 is 1.28 bits per heavy atom. The number of hydroxylamine groups is 1. The minimum absolute atomic E-state index is 0.212. The average molecular weight is 380 g/mol. The van der Waals surface area contributed by atoms with E-state index in [0.29, 0.717) is 41.1 Å². The fraction of sp³-hybridized carbons (Fsp3) is 0.188. The number of fused-ring (bicyclic) bond motifs is 1. The molecule has 25 heavy (non-hydrogen) atoms. The van der Waals surface area contributed by atoms with E-state index in [1.54, 1.807) is 29.3 Å². The van der Waals surface area contributed by atoms with Crippen molar-refractivity contribution in [3.8, 4) is 0 Å². The Balaban J connectivity index is 1.68. The van der Waals surface area contributed by atoms with Crippen LogP contribution in [0.4, 0.5) is 16.3 Å². The van der Waals surface area contributed by atoms with Crippen molar-refractivity contribution in [2.45, 2.75) is 13.0 Å². The molecule has 130 valence electrons. The summed E-state index contributed by atoms with van der Waals surface area (Å²) in [5.74, 6) is 0.494. The maximum atomic E-state index is 12.4. The lowest BCUT2D eigenvalue weighted by Gasteiger charge is -2.28. The van der Waals surface area contributed by atoms with Crippen molar-refractivity contribution >= 4 is 47.1 Å². The Morgan fingerprint density at radius 3 is 2.88 bits per heavy atom. The molecule has 2 aromatic rings. The highest BCUT2D eigenvalue weighted by atomic mass is 35.5. The zero-order chi connectivity index (χ0) is 17.8. The first-order valence-electron chi connectivity index (χ1n) is 7.48. The maximum absolute atomic E-state index is 12.4. The van der Waals surface area contributed by atoms with Gasteiger partial charge in [0.1, 0.15) is 6.34 Å². The van der Waals surface area contributed by atoms with E-state index < -0.39 is 0 Å². The second-order valence-electron chi connectivity index (χ2n) is 5.43. The summed E-state index contributed by atoms with van der Waals surface area (Å²) in [6, 6.07) is 6.58. The Hall–Kier alpha value is -2.35. The lowest BCUT2D eigenvalue weighted by atomic mass is 10.0. The first-order valence-corrected chi connectivity index (χ1v) is 8.23. The number of hydrogen-bond acceptors (Lipinski definition) is 4. The van der Waals surface area contributed by atoms with E-state index in [9.17, 15) is 4.79 Å². The van der Waals surface area contributed by atoms with Gasteiger partial charge >= 0.3 is 6.03 Å². The van der Waals surface area contributed by atoms with E-state index in [1.807, 2.05) is 11.5 Å². The Kier molecular flexibility index (Phi) is 5.37. The smallest absolute Gasteiger partial charge is 0.320 e. The van der Waals surface area contributed by atoms with E-state index in [-0.39, 0.29) is 6.03 Å². The quantitative estimate of drug-likeness (QED) is 0.431. The molecule has 0 aliphatic carbocycles. The van der Waals surface area contributed by atoms with Gasteiger partial charge in [0.25, 0.3) is 0 Å². The summed E-state index contributed by atoms with van der Waals surface area (Å²) >= 11 is 11.8. The predicted molar refractivity (Wildman–Crippen MR) is 96.9 cm³/mol. The SMILES string of the molecule is O=C(Nc1ccc(Cl)c(Cl)c1)N1CCc2cc(/N=C\NO)ncc2C1. The van der Waals surface area contributed by atoms with Crippen LogP contribution >= 0.6 is 23.2 Å². The monoisotopic (exact) mass is 379 g/mol. The van der Waals surface area contributed by atoms with Crippen molar-refractivity contribution in [3.05, 3.63) is 51.6 Å². The average Bonchev–Trinajstić information content (AvgIpc) is 2.62. The number of aliphatic imine (C=N–C) groups is 1. The molecular weight excluding hydrogens is 365 g/mol. The van der Waals surface area contributed by atoms with Gasteiger partial charge in [-0.05, 0) is 41.8 Å². The molecule has 3 rings (SSSR count). The van der Waals surface area contributed by atoms with E-state index in [0.717, 1.165) is 17.5 Å². The number of pyridine rings is 1. The molecule has 2 amide bonds. The number of nitrogens with zero attached hydrogens (tertiary/aromatic N) is 3. The fourth-order valence-electron chi connectivity index (χ4n) is 2.54. The number of hydrogen-bond donors (Lipinski definition) is 3. The predicted octanol–water partition coefficient (Wildman–Crippen LogP) is 3.62. The second-order valence-corrected chi connectivity index (χ2v) is 6.24. The zero-order valence-electron chi connectivity index (χ0n) is 13.0.